The maximum absolute atomic E-state index is 15.1. The van der Waals surface area contributed by atoms with Crippen LogP contribution in [0.4, 0.5) is 20.2 Å². The van der Waals surface area contributed by atoms with Gasteiger partial charge in [0.25, 0.3) is 0 Å². The molecule has 2 aromatic carbocycles. The van der Waals surface area contributed by atoms with Crippen LogP contribution in [0.15, 0.2) is 60.8 Å². The maximum Gasteiger partial charge on any atom is 0.240 e. The van der Waals surface area contributed by atoms with Crippen LogP contribution in [-0.2, 0) is 9.59 Å². The number of amides is 2. The molecule has 41 heavy (non-hydrogen) atoms. The number of hydrogen-bond acceptors (Lipinski definition) is 6. The van der Waals surface area contributed by atoms with Gasteiger partial charge in [-0.3, -0.25) is 14.6 Å². The highest BCUT2D eigenvalue weighted by Gasteiger charge is 2.56. The predicted octanol–water partition coefficient (Wildman–Crippen LogP) is 6.08. The van der Waals surface area contributed by atoms with E-state index in [1.165, 1.54) is 47.7 Å². The molecule has 2 amide bonds. The molecule has 3 N–H and O–H groups in total. The first-order valence-electron chi connectivity index (χ1n) is 13.4. The zero-order valence-corrected chi connectivity index (χ0v) is 22.7. The van der Waals surface area contributed by atoms with Crippen molar-refractivity contribution in [2.75, 3.05) is 23.7 Å². The summed E-state index contributed by atoms with van der Waals surface area (Å²) in [7, 11) is 0. The van der Waals surface area contributed by atoms with Crippen molar-refractivity contribution in [2.24, 2.45) is 11.3 Å². The van der Waals surface area contributed by atoms with Crippen LogP contribution in [0.3, 0.4) is 0 Å². The molecule has 0 unspecified atom stereocenters. The third-order valence-electron chi connectivity index (χ3n) is 7.25. The van der Waals surface area contributed by atoms with E-state index in [9.17, 15) is 14.0 Å². The van der Waals surface area contributed by atoms with Crippen LogP contribution in [0.1, 0.15) is 30.6 Å². The highest BCUT2D eigenvalue weighted by molar-refractivity contribution is 7.19. The average molecular weight is 573 g/mol. The zero-order chi connectivity index (χ0) is 28.4. The quantitative estimate of drug-likeness (QED) is 0.193. The number of carbonyl (C=O) groups is 2. The third-order valence-corrected chi connectivity index (χ3v) is 8.30. The number of rotatable bonds is 6. The Kier molecular flexibility index (Phi) is 7.39. The Labute approximate surface area is 239 Å². The second-order valence-electron chi connectivity index (χ2n) is 10.2. The number of carbonyl (C=O) groups excluding carboxylic acids is 2. The topological polar surface area (TPSA) is 92.4 Å². The zero-order valence-electron chi connectivity index (χ0n) is 21.9. The number of halogens is 2. The van der Waals surface area contributed by atoms with Gasteiger partial charge in [0.15, 0.2) is 11.6 Å². The summed E-state index contributed by atoms with van der Waals surface area (Å²) in [6.45, 7) is 1.96. The minimum atomic E-state index is -1.25. The lowest BCUT2D eigenvalue weighted by molar-refractivity contribution is -0.131. The first kappa shape index (κ1) is 26.9. The Bertz CT molecular complexity index is 1680. The molecule has 1 saturated heterocycles. The molecule has 2 fully saturated rings. The second kappa shape index (κ2) is 11.3. The Morgan fingerprint density at radius 2 is 1.66 bits per heavy atom. The molecular formula is C31H26F2N4O3S. The van der Waals surface area contributed by atoms with Gasteiger partial charge in [-0.05, 0) is 81.2 Å². The number of fused-ring (bicyclic) bond motifs is 1. The fourth-order valence-electron chi connectivity index (χ4n) is 4.69. The van der Waals surface area contributed by atoms with Gasteiger partial charge in [-0.15, -0.1) is 11.3 Å². The van der Waals surface area contributed by atoms with Gasteiger partial charge in [-0.1, -0.05) is 11.8 Å². The van der Waals surface area contributed by atoms with Crippen LogP contribution >= 0.6 is 11.3 Å². The van der Waals surface area contributed by atoms with Crippen molar-refractivity contribution in [3.05, 3.63) is 77.3 Å². The monoisotopic (exact) mass is 572 g/mol. The Balaban J connectivity index is 1.13. The first-order valence-corrected chi connectivity index (χ1v) is 14.2. The molecular weight excluding hydrogens is 546 g/mol. The first-order chi connectivity index (χ1) is 19.9. The number of piperidine rings is 1. The summed E-state index contributed by atoms with van der Waals surface area (Å²) in [4.78, 5) is 31.0. The van der Waals surface area contributed by atoms with E-state index in [1.807, 2.05) is 6.07 Å². The van der Waals surface area contributed by atoms with Crippen molar-refractivity contribution in [1.82, 2.24) is 10.3 Å². The van der Waals surface area contributed by atoms with Crippen LogP contribution in [0.2, 0.25) is 0 Å². The second-order valence-corrected chi connectivity index (χ2v) is 11.2. The number of hydrogen-bond donors (Lipinski definition) is 3. The number of anilines is 2. The van der Waals surface area contributed by atoms with Crippen LogP contribution in [-0.4, -0.2) is 29.9 Å². The van der Waals surface area contributed by atoms with Crippen LogP contribution < -0.4 is 20.7 Å². The van der Waals surface area contributed by atoms with E-state index < -0.39 is 28.9 Å². The molecule has 0 radical (unpaired) electrons. The molecule has 1 saturated carbocycles. The molecule has 2 aromatic heterocycles. The minimum absolute atomic E-state index is 0.0126. The van der Waals surface area contributed by atoms with E-state index >= 15 is 4.39 Å². The molecule has 10 heteroatoms. The number of benzene rings is 2. The Morgan fingerprint density at radius 3 is 2.37 bits per heavy atom. The lowest BCUT2D eigenvalue weighted by atomic mass is 9.99. The van der Waals surface area contributed by atoms with Gasteiger partial charge in [-0.25, -0.2) is 8.78 Å². The lowest BCUT2D eigenvalue weighted by Crippen LogP contribution is -2.35. The Hall–Kier alpha value is -4.33. The predicted molar refractivity (Wildman–Crippen MR) is 154 cm³/mol. The molecule has 0 bridgehead atoms. The normalized spacial score (nSPS) is 16.0. The van der Waals surface area contributed by atoms with Crippen molar-refractivity contribution in [3.63, 3.8) is 0 Å². The van der Waals surface area contributed by atoms with Crippen molar-refractivity contribution in [1.29, 1.82) is 0 Å². The highest BCUT2D eigenvalue weighted by Crippen LogP contribution is 2.47. The van der Waals surface area contributed by atoms with E-state index in [1.54, 1.807) is 12.3 Å². The van der Waals surface area contributed by atoms with Gasteiger partial charge in [0.05, 0.1) is 15.1 Å². The SMILES string of the molecule is O=C(Nc1ccc(F)cc1)C1(C(=O)Nc2ccc(Oc3ccnc4cc(C#CC5CCNCC5)sc34)c(F)c2)CC1. The molecule has 1 aliphatic carbocycles. The molecule has 3 heterocycles. The van der Waals surface area contributed by atoms with Gasteiger partial charge < -0.3 is 20.7 Å². The minimum Gasteiger partial charge on any atom is -0.453 e. The van der Waals surface area contributed by atoms with E-state index in [0.29, 0.717) is 30.2 Å². The molecule has 4 aromatic rings. The van der Waals surface area contributed by atoms with Crippen LogP contribution in [0.5, 0.6) is 11.5 Å². The average Bonchev–Trinajstić information content (AvgIpc) is 3.69. The summed E-state index contributed by atoms with van der Waals surface area (Å²) in [6.07, 6.45) is 4.39. The third kappa shape index (κ3) is 5.92. The van der Waals surface area contributed by atoms with Crippen molar-refractivity contribution >= 4 is 44.7 Å². The van der Waals surface area contributed by atoms with Gasteiger partial charge in [0.1, 0.15) is 17.0 Å². The fourth-order valence-corrected chi connectivity index (χ4v) is 5.62. The van der Waals surface area contributed by atoms with Gasteiger partial charge in [-0.2, -0.15) is 0 Å². The van der Waals surface area contributed by atoms with E-state index in [2.05, 4.69) is 32.8 Å². The molecule has 1 aliphatic heterocycles. The number of thiophene rings is 1. The molecule has 208 valence electrons. The van der Waals surface area contributed by atoms with E-state index in [0.717, 1.165) is 47.1 Å². The molecule has 6 rings (SSSR count). The van der Waals surface area contributed by atoms with Crippen LogP contribution in [0.25, 0.3) is 10.2 Å². The number of aromatic nitrogens is 1. The molecule has 2 aliphatic rings. The summed E-state index contributed by atoms with van der Waals surface area (Å²) in [5.74, 6) is 5.32. The summed E-state index contributed by atoms with van der Waals surface area (Å²) < 4.78 is 34.9. The Morgan fingerprint density at radius 1 is 0.951 bits per heavy atom. The fraction of sp³-hybridized carbons (Fsp3) is 0.258. The number of nitrogens with one attached hydrogen (secondary N) is 3. The van der Waals surface area contributed by atoms with Crippen molar-refractivity contribution < 1.29 is 23.1 Å². The van der Waals surface area contributed by atoms with Gasteiger partial charge in [0.2, 0.25) is 11.8 Å². The molecule has 0 atom stereocenters. The van der Waals surface area contributed by atoms with Crippen LogP contribution in [0, 0.1) is 34.8 Å². The molecule has 7 nitrogen and oxygen atoms in total. The summed E-state index contributed by atoms with van der Waals surface area (Å²) >= 11 is 1.45. The highest BCUT2D eigenvalue weighted by atomic mass is 32.1. The summed E-state index contributed by atoms with van der Waals surface area (Å²) in [5.41, 5.74) is 0.0585. The number of nitrogens with zero attached hydrogens (tertiary/aromatic N) is 1. The largest absolute Gasteiger partial charge is 0.453 e. The van der Waals surface area contributed by atoms with E-state index in [4.69, 9.17) is 4.74 Å². The standard InChI is InChI=1S/C31H26F2N4O3S/c32-20-2-4-21(5-3-20)36-29(38)31(12-13-31)30(39)37-22-6-8-26(24(33)17-22)40-27-11-16-35-25-18-23(41-28(25)27)7-1-19-9-14-34-15-10-19/h2-6,8,11,16-19,34H,9-10,12-15H2,(H,36,38)(H,37,39). The lowest BCUT2D eigenvalue weighted by Gasteiger charge is -2.17. The summed E-state index contributed by atoms with van der Waals surface area (Å²) in [5, 5.41) is 8.63. The number of ether oxygens (including phenoxy) is 1. The van der Waals surface area contributed by atoms with Gasteiger partial charge >= 0.3 is 0 Å². The smallest absolute Gasteiger partial charge is 0.240 e. The van der Waals surface area contributed by atoms with E-state index in [-0.39, 0.29) is 11.4 Å². The maximum atomic E-state index is 15.1. The van der Waals surface area contributed by atoms with Crippen molar-refractivity contribution in [3.8, 4) is 23.3 Å². The van der Waals surface area contributed by atoms with Crippen molar-refractivity contribution in [2.45, 2.75) is 25.7 Å². The van der Waals surface area contributed by atoms with Gasteiger partial charge in [0, 0.05) is 35.6 Å². The number of pyridine rings is 1. The molecule has 0 spiro atoms. The summed E-state index contributed by atoms with van der Waals surface area (Å²) in [6, 6.07) is 13.0.